The minimum absolute atomic E-state index is 0.0205. The highest BCUT2D eigenvalue weighted by molar-refractivity contribution is 9.11. The van der Waals surface area contributed by atoms with Crippen molar-refractivity contribution < 1.29 is 19.8 Å². The summed E-state index contributed by atoms with van der Waals surface area (Å²) in [6.07, 6.45) is -0.0205. The van der Waals surface area contributed by atoms with Gasteiger partial charge in [0.25, 0.3) is 0 Å². The molecule has 1 aromatic rings. The highest BCUT2D eigenvalue weighted by atomic mass is 79.9. The zero-order valence-electron chi connectivity index (χ0n) is 9.35. The monoisotopic (exact) mass is 336 g/mol. The van der Waals surface area contributed by atoms with Crippen molar-refractivity contribution in [1.82, 2.24) is 10.6 Å². The molecule has 1 rings (SSSR count). The second-order valence-corrected chi connectivity index (χ2v) is 5.98. The molecule has 1 heterocycles. The van der Waals surface area contributed by atoms with Gasteiger partial charge < -0.3 is 20.8 Å². The van der Waals surface area contributed by atoms with E-state index >= 15 is 0 Å². The number of carbonyl (C=O) groups excluding carboxylic acids is 1. The van der Waals surface area contributed by atoms with Gasteiger partial charge in [0.2, 0.25) is 0 Å². The van der Waals surface area contributed by atoms with Crippen LogP contribution in [0.1, 0.15) is 11.3 Å². The highest BCUT2D eigenvalue weighted by Gasteiger charge is 2.18. The number of aliphatic carboxylic acids is 1. The van der Waals surface area contributed by atoms with Crippen molar-refractivity contribution in [2.24, 2.45) is 0 Å². The van der Waals surface area contributed by atoms with Gasteiger partial charge in [0.05, 0.1) is 10.3 Å². The zero-order valence-corrected chi connectivity index (χ0v) is 11.8. The molecule has 2 amide bonds. The molecule has 0 aromatic carbocycles. The van der Waals surface area contributed by atoms with Gasteiger partial charge in [0.1, 0.15) is 6.04 Å². The number of rotatable bonds is 6. The molecule has 18 heavy (non-hydrogen) atoms. The molecule has 0 aliphatic rings. The number of nitrogens with one attached hydrogen (secondary N) is 2. The first-order valence-electron chi connectivity index (χ1n) is 5.15. The van der Waals surface area contributed by atoms with E-state index in [1.807, 2.05) is 12.1 Å². The predicted molar refractivity (Wildman–Crippen MR) is 70.5 cm³/mol. The van der Waals surface area contributed by atoms with Crippen molar-refractivity contribution in [3.63, 3.8) is 0 Å². The summed E-state index contributed by atoms with van der Waals surface area (Å²) in [6.45, 7) is 0.0304. The summed E-state index contributed by atoms with van der Waals surface area (Å²) in [5.74, 6) is -1.17. The maximum Gasteiger partial charge on any atom is 0.326 e. The Morgan fingerprint density at radius 1 is 1.44 bits per heavy atom. The Morgan fingerprint density at radius 3 is 2.67 bits per heavy atom. The van der Waals surface area contributed by atoms with Crippen LogP contribution in [-0.4, -0.2) is 34.9 Å². The number of hydrogen-bond donors (Lipinski definition) is 4. The van der Waals surface area contributed by atoms with Crippen LogP contribution < -0.4 is 10.6 Å². The van der Waals surface area contributed by atoms with Crippen LogP contribution in [-0.2, 0) is 11.3 Å². The van der Waals surface area contributed by atoms with Crippen LogP contribution in [0.3, 0.4) is 0 Å². The lowest BCUT2D eigenvalue weighted by Crippen LogP contribution is -2.46. The molecule has 100 valence electrons. The van der Waals surface area contributed by atoms with E-state index in [2.05, 4.69) is 26.6 Å². The van der Waals surface area contributed by atoms with Gasteiger partial charge in [-0.1, -0.05) is 0 Å². The number of urea groups is 1. The van der Waals surface area contributed by atoms with Crippen LogP contribution >= 0.6 is 27.3 Å². The Balaban J connectivity index is 2.38. The van der Waals surface area contributed by atoms with Crippen LogP contribution in [0.15, 0.2) is 15.9 Å². The molecule has 0 spiro atoms. The van der Waals surface area contributed by atoms with Crippen LogP contribution in [0, 0.1) is 0 Å². The van der Waals surface area contributed by atoms with Crippen molar-refractivity contribution in [2.45, 2.75) is 19.0 Å². The maximum atomic E-state index is 11.4. The van der Waals surface area contributed by atoms with Crippen LogP contribution in [0.4, 0.5) is 4.79 Å². The number of halogens is 1. The SMILES string of the molecule is O=C(NCc1ccc(Br)s1)NC(CCO)C(=O)O. The van der Waals surface area contributed by atoms with Gasteiger partial charge in [0.15, 0.2) is 0 Å². The predicted octanol–water partition coefficient (Wildman–Crippen LogP) is 1.15. The van der Waals surface area contributed by atoms with Crippen molar-refractivity contribution in [2.75, 3.05) is 6.61 Å². The van der Waals surface area contributed by atoms with E-state index in [4.69, 9.17) is 10.2 Å². The summed E-state index contributed by atoms with van der Waals surface area (Å²) in [4.78, 5) is 23.1. The maximum absolute atomic E-state index is 11.4. The van der Waals surface area contributed by atoms with Gasteiger partial charge in [-0.2, -0.15) is 0 Å². The average Bonchev–Trinajstić information content (AvgIpc) is 2.72. The lowest BCUT2D eigenvalue weighted by molar-refractivity contribution is -0.139. The number of thiophene rings is 1. The first kappa shape index (κ1) is 14.9. The second-order valence-electron chi connectivity index (χ2n) is 3.44. The zero-order chi connectivity index (χ0) is 13.5. The van der Waals surface area contributed by atoms with E-state index in [1.165, 1.54) is 11.3 Å². The Hall–Kier alpha value is -1.12. The molecular weight excluding hydrogens is 324 g/mol. The third-order valence-electron chi connectivity index (χ3n) is 2.07. The molecule has 1 unspecified atom stereocenters. The largest absolute Gasteiger partial charge is 0.480 e. The minimum atomic E-state index is -1.17. The fourth-order valence-electron chi connectivity index (χ4n) is 1.21. The third-order valence-corrected chi connectivity index (χ3v) is 3.70. The molecular formula is C10H13BrN2O4S. The number of hydrogen-bond acceptors (Lipinski definition) is 4. The Kier molecular flexibility index (Phi) is 6.10. The standard InChI is InChI=1S/C10H13BrN2O4S/c11-8-2-1-6(18-8)5-12-10(17)13-7(3-4-14)9(15)16/h1-2,7,14H,3-5H2,(H,15,16)(H2,12,13,17). The normalized spacial score (nSPS) is 11.9. The van der Waals surface area contributed by atoms with Gasteiger partial charge in [-0.25, -0.2) is 9.59 Å². The molecule has 0 fully saturated rings. The van der Waals surface area contributed by atoms with Crippen molar-refractivity contribution in [3.05, 3.63) is 20.8 Å². The molecule has 1 atom stereocenters. The average molecular weight is 337 g/mol. The Bertz CT molecular complexity index is 424. The van der Waals surface area contributed by atoms with Gasteiger partial charge >= 0.3 is 12.0 Å². The fraction of sp³-hybridized carbons (Fsp3) is 0.400. The van der Waals surface area contributed by atoms with Gasteiger partial charge in [0, 0.05) is 17.9 Å². The van der Waals surface area contributed by atoms with E-state index in [0.717, 1.165) is 8.66 Å². The van der Waals surface area contributed by atoms with Crippen molar-refractivity contribution in [1.29, 1.82) is 0 Å². The molecule has 0 aliphatic carbocycles. The number of carbonyl (C=O) groups is 2. The van der Waals surface area contributed by atoms with E-state index in [-0.39, 0.29) is 13.0 Å². The Labute approximate surface area is 116 Å². The lowest BCUT2D eigenvalue weighted by atomic mass is 10.2. The molecule has 8 heteroatoms. The van der Waals surface area contributed by atoms with Crippen molar-refractivity contribution in [3.8, 4) is 0 Å². The minimum Gasteiger partial charge on any atom is -0.480 e. The molecule has 6 nitrogen and oxygen atoms in total. The molecule has 0 bridgehead atoms. The molecule has 0 aliphatic heterocycles. The third kappa shape index (κ3) is 5.03. The van der Waals surface area contributed by atoms with Gasteiger partial charge in [-0.3, -0.25) is 0 Å². The van der Waals surface area contributed by atoms with E-state index < -0.39 is 18.0 Å². The summed E-state index contributed by atoms with van der Waals surface area (Å²) >= 11 is 4.79. The first-order chi connectivity index (χ1) is 8.52. The quantitative estimate of drug-likeness (QED) is 0.626. The smallest absolute Gasteiger partial charge is 0.326 e. The number of carboxylic acids is 1. The van der Waals surface area contributed by atoms with Gasteiger partial charge in [-0.15, -0.1) is 11.3 Å². The van der Waals surface area contributed by atoms with Gasteiger partial charge in [-0.05, 0) is 28.1 Å². The highest BCUT2D eigenvalue weighted by Crippen LogP contribution is 2.21. The first-order valence-corrected chi connectivity index (χ1v) is 6.76. The summed E-state index contributed by atoms with van der Waals surface area (Å²) in [6, 6.07) is 2.08. The second kappa shape index (κ2) is 7.34. The summed E-state index contributed by atoms with van der Waals surface area (Å²) in [5, 5.41) is 22.3. The molecule has 4 N–H and O–H groups in total. The van der Waals surface area contributed by atoms with Crippen LogP contribution in [0.5, 0.6) is 0 Å². The molecule has 0 saturated carbocycles. The number of carboxylic acid groups (broad SMARTS) is 1. The molecule has 1 aromatic heterocycles. The van der Waals surface area contributed by atoms with E-state index in [1.54, 1.807) is 0 Å². The fourth-order valence-corrected chi connectivity index (χ4v) is 2.63. The molecule has 0 saturated heterocycles. The van der Waals surface area contributed by atoms with Crippen molar-refractivity contribution >= 4 is 39.3 Å². The Morgan fingerprint density at radius 2 is 2.17 bits per heavy atom. The topological polar surface area (TPSA) is 98.7 Å². The summed E-state index contributed by atoms with van der Waals surface area (Å²) in [7, 11) is 0. The van der Waals surface area contributed by atoms with Crippen LogP contribution in [0.2, 0.25) is 0 Å². The number of aliphatic hydroxyl groups is 1. The van der Waals surface area contributed by atoms with E-state index in [0.29, 0.717) is 6.54 Å². The molecule has 0 radical (unpaired) electrons. The summed E-state index contributed by atoms with van der Waals surface area (Å²) < 4.78 is 0.961. The summed E-state index contributed by atoms with van der Waals surface area (Å²) in [5.41, 5.74) is 0. The van der Waals surface area contributed by atoms with Crippen LogP contribution in [0.25, 0.3) is 0 Å². The number of amides is 2. The van der Waals surface area contributed by atoms with E-state index in [9.17, 15) is 9.59 Å². The number of aliphatic hydroxyl groups excluding tert-OH is 1. The lowest BCUT2D eigenvalue weighted by Gasteiger charge is -2.13.